The highest BCUT2D eigenvalue weighted by atomic mass is 79.9. The zero-order chi connectivity index (χ0) is 12.1. The van der Waals surface area contributed by atoms with Gasteiger partial charge in [-0.2, -0.15) is 0 Å². The molecule has 86 valence electrons. The summed E-state index contributed by atoms with van der Waals surface area (Å²) in [6.45, 7) is 11.4. The number of fused-ring (bicyclic) bond motifs is 1. The molecule has 1 aliphatic carbocycles. The van der Waals surface area contributed by atoms with E-state index >= 15 is 0 Å². The Balaban J connectivity index is 2.82. The summed E-state index contributed by atoms with van der Waals surface area (Å²) in [6.07, 6.45) is 0. The molecule has 0 saturated heterocycles. The number of benzene rings is 1. The van der Waals surface area contributed by atoms with Gasteiger partial charge in [0.1, 0.15) is 0 Å². The van der Waals surface area contributed by atoms with Gasteiger partial charge in [-0.05, 0) is 28.1 Å². The molecule has 0 spiro atoms. The second-order valence-corrected chi connectivity index (χ2v) is 6.89. The Morgan fingerprint density at radius 2 is 1.31 bits per heavy atom. The molecule has 0 fully saturated rings. The van der Waals surface area contributed by atoms with Crippen LogP contribution in [0.25, 0.3) is 0 Å². The molecule has 16 heavy (non-hydrogen) atoms. The van der Waals surface area contributed by atoms with E-state index in [0.717, 1.165) is 0 Å². The van der Waals surface area contributed by atoms with Gasteiger partial charge in [-0.1, -0.05) is 67.9 Å². The van der Waals surface area contributed by atoms with Crippen molar-refractivity contribution in [2.75, 3.05) is 0 Å². The largest absolute Gasteiger partial charge is 0.0619 e. The van der Waals surface area contributed by atoms with Crippen LogP contribution in [0.5, 0.6) is 0 Å². The van der Waals surface area contributed by atoms with Crippen molar-refractivity contribution in [1.82, 2.24) is 0 Å². The van der Waals surface area contributed by atoms with Crippen LogP contribution < -0.4 is 0 Å². The standard InChI is InChI=1S/C15H19Br/c1-10(16)13-14(2,3)11-8-6-7-9-12(11)15(13,4)5/h6-9H,1-5H3. The van der Waals surface area contributed by atoms with E-state index in [4.69, 9.17) is 0 Å². The van der Waals surface area contributed by atoms with E-state index in [1.165, 1.54) is 21.2 Å². The van der Waals surface area contributed by atoms with Crippen molar-refractivity contribution >= 4 is 15.9 Å². The average Bonchev–Trinajstić information content (AvgIpc) is 2.31. The van der Waals surface area contributed by atoms with Gasteiger partial charge in [-0.25, -0.2) is 0 Å². The Bertz CT molecular complexity index is 423. The fourth-order valence-electron chi connectivity index (χ4n) is 3.48. The smallest absolute Gasteiger partial charge is 0.0128 e. The summed E-state index contributed by atoms with van der Waals surface area (Å²) in [5, 5.41) is 0. The molecule has 0 nitrogen and oxygen atoms in total. The molecule has 1 heteroatoms. The first-order valence-corrected chi connectivity index (χ1v) is 6.56. The van der Waals surface area contributed by atoms with Crippen LogP contribution in [0.4, 0.5) is 0 Å². The summed E-state index contributed by atoms with van der Waals surface area (Å²) < 4.78 is 1.28. The molecule has 0 bridgehead atoms. The fraction of sp³-hybridized carbons (Fsp3) is 0.467. The first kappa shape index (κ1) is 11.9. The van der Waals surface area contributed by atoms with E-state index in [1.54, 1.807) is 0 Å². The van der Waals surface area contributed by atoms with Crippen molar-refractivity contribution in [3.8, 4) is 0 Å². The van der Waals surface area contributed by atoms with Crippen molar-refractivity contribution < 1.29 is 0 Å². The third kappa shape index (κ3) is 1.41. The fourth-order valence-corrected chi connectivity index (χ4v) is 4.48. The highest BCUT2D eigenvalue weighted by molar-refractivity contribution is 9.11. The van der Waals surface area contributed by atoms with E-state index in [0.29, 0.717) is 0 Å². The summed E-state index contributed by atoms with van der Waals surface area (Å²) in [7, 11) is 0. The number of rotatable bonds is 0. The first-order chi connectivity index (χ1) is 7.29. The lowest BCUT2D eigenvalue weighted by Gasteiger charge is -2.29. The van der Waals surface area contributed by atoms with Crippen molar-refractivity contribution in [3.63, 3.8) is 0 Å². The van der Waals surface area contributed by atoms with E-state index in [2.05, 4.69) is 74.8 Å². The minimum atomic E-state index is 0.133. The second-order valence-electron chi connectivity index (χ2n) is 5.70. The van der Waals surface area contributed by atoms with E-state index in [1.807, 2.05) is 0 Å². The molecule has 0 atom stereocenters. The third-order valence-electron chi connectivity index (χ3n) is 3.87. The van der Waals surface area contributed by atoms with Gasteiger partial charge in [-0.3, -0.25) is 0 Å². The minimum absolute atomic E-state index is 0.133. The molecule has 1 aromatic carbocycles. The predicted molar refractivity (Wildman–Crippen MR) is 74.1 cm³/mol. The van der Waals surface area contributed by atoms with E-state index in [-0.39, 0.29) is 10.8 Å². The van der Waals surface area contributed by atoms with E-state index in [9.17, 15) is 0 Å². The molecule has 0 N–H and O–H groups in total. The molecule has 2 rings (SSSR count). The molecule has 1 aromatic rings. The summed E-state index contributed by atoms with van der Waals surface area (Å²) in [5.41, 5.74) is 4.70. The third-order valence-corrected chi connectivity index (χ3v) is 4.26. The van der Waals surface area contributed by atoms with Crippen molar-refractivity contribution in [1.29, 1.82) is 0 Å². The highest BCUT2D eigenvalue weighted by Crippen LogP contribution is 2.54. The molecule has 0 aromatic heterocycles. The van der Waals surface area contributed by atoms with Gasteiger partial charge >= 0.3 is 0 Å². The SMILES string of the molecule is CC(Br)=C1C(C)(C)c2ccccc2C1(C)C. The highest BCUT2D eigenvalue weighted by Gasteiger charge is 2.46. The van der Waals surface area contributed by atoms with Crippen LogP contribution in [0.2, 0.25) is 0 Å². The van der Waals surface area contributed by atoms with Gasteiger partial charge in [0.15, 0.2) is 0 Å². The lowest BCUT2D eigenvalue weighted by atomic mass is 9.75. The summed E-state index contributed by atoms with van der Waals surface area (Å²) in [4.78, 5) is 0. The molecule has 0 heterocycles. The molecular weight excluding hydrogens is 260 g/mol. The molecule has 0 radical (unpaired) electrons. The monoisotopic (exact) mass is 278 g/mol. The first-order valence-electron chi connectivity index (χ1n) is 5.77. The maximum absolute atomic E-state index is 3.69. The number of hydrogen-bond acceptors (Lipinski definition) is 0. The summed E-state index contributed by atoms with van der Waals surface area (Å²) >= 11 is 3.69. The maximum Gasteiger partial charge on any atom is 0.0128 e. The zero-order valence-corrected chi connectivity index (χ0v) is 12.3. The molecule has 1 aliphatic rings. The van der Waals surface area contributed by atoms with Gasteiger partial charge < -0.3 is 0 Å². The minimum Gasteiger partial charge on any atom is -0.0619 e. The van der Waals surface area contributed by atoms with Crippen LogP contribution in [0.3, 0.4) is 0 Å². The summed E-state index contributed by atoms with van der Waals surface area (Å²) in [5.74, 6) is 0. The Morgan fingerprint density at radius 1 is 0.938 bits per heavy atom. The molecule has 0 aliphatic heterocycles. The second kappa shape index (κ2) is 3.46. The van der Waals surface area contributed by atoms with Gasteiger partial charge in [0.25, 0.3) is 0 Å². The Morgan fingerprint density at radius 3 is 1.62 bits per heavy atom. The Labute approximate surface area is 107 Å². The molecule has 0 amide bonds. The molecular formula is C15H19Br. The average molecular weight is 279 g/mol. The predicted octanol–water partition coefficient (Wildman–Crippen LogP) is 4.92. The zero-order valence-electron chi connectivity index (χ0n) is 10.7. The van der Waals surface area contributed by atoms with Crippen LogP contribution >= 0.6 is 15.9 Å². The number of halogens is 1. The van der Waals surface area contributed by atoms with Crippen LogP contribution in [-0.2, 0) is 10.8 Å². The molecule has 0 saturated carbocycles. The quantitative estimate of drug-likeness (QED) is 0.632. The van der Waals surface area contributed by atoms with Crippen LogP contribution in [-0.4, -0.2) is 0 Å². The van der Waals surface area contributed by atoms with Crippen molar-refractivity contribution in [2.45, 2.75) is 45.4 Å². The van der Waals surface area contributed by atoms with Crippen molar-refractivity contribution in [2.24, 2.45) is 0 Å². The van der Waals surface area contributed by atoms with Gasteiger partial charge in [0, 0.05) is 10.8 Å². The maximum atomic E-state index is 3.69. The van der Waals surface area contributed by atoms with Crippen molar-refractivity contribution in [3.05, 3.63) is 45.4 Å². The Kier molecular flexibility index (Phi) is 2.58. The van der Waals surface area contributed by atoms with Crippen LogP contribution in [0, 0.1) is 0 Å². The molecule has 0 unspecified atom stereocenters. The number of hydrogen-bond donors (Lipinski definition) is 0. The van der Waals surface area contributed by atoms with Crippen LogP contribution in [0.15, 0.2) is 34.3 Å². The van der Waals surface area contributed by atoms with Gasteiger partial charge in [0.2, 0.25) is 0 Å². The lowest BCUT2D eigenvalue weighted by molar-refractivity contribution is 0.546. The number of allylic oxidation sites excluding steroid dienone is 2. The Hall–Kier alpha value is -0.560. The normalized spacial score (nSPS) is 20.8. The van der Waals surface area contributed by atoms with E-state index < -0.39 is 0 Å². The van der Waals surface area contributed by atoms with Gasteiger partial charge in [-0.15, -0.1) is 0 Å². The topological polar surface area (TPSA) is 0 Å². The lowest BCUT2D eigenvalue weighted by Crippen LogP contribution is -2.24. The summed E-state index contributed by atoms with van der Waals surface area (Å²) in [6, 6.07) is 8.81. The van der Waals surface area contributed by atoms with Crippen LogP contribution in [0.1, 0.15) is 45.7 Å². The van der Waals surface area contributed by atoms with Gasteiger partial charge in [0.05, 0.1) is 0 Å².